The van der Waals surface area contributed by atoms with E-state index < -0.39 is 5.60 Å². The van der Waals surface area contributed by atoms with E-state index in [9.17, 15) is 9.59 Å². The molecule has 15 heavy (non-hydrogen) atoms. The van der Waals surface area contributed by atoms with Gasteiger partial charge in [0.1, 0.15) is 5.60 Å². The summed E-state index contributed by atoms with van der Waals surface area (Å²) in [7, 11) is 1.35. The summed E-state index contributed by atoms with van der Waals surface area (Å²) in [4.78, 5) is 22.3. The number of esters is 2. The second-order valence-corrected chi connectivity index (χ2v) is 4.38. The number of carbonyl (C=O) groups excluding carboxylic acids is 2. The molecule has 1 saturated carbocycles. The van der Waals surface area contributed by atoms with Gasteiger partial charge in [-0.1, -0.05) is 6.92 Å². The highest BCUT2D eigenvalue weighted by molar-refractivity contribution is 5.72. The largest absolute Gasteiger partial charge is 0.469 e. The van der Waals surface area contributed by atoms with Crippen molar-refractivity contribution in [2.24, 2.45) is 5.92 Å². The van der Waals surface area contributed by atoms with E-state index in [0.29, 0.717) is 5.92 Å². The van der Waals surface area contributed by atoms with Gasteiger partial charge in [-0.15, -0.1) is 0 Å². The van der Waals surface area contributed by atoms with E-state index in [2.05, 4.69) is 11.7 Å². The predicted octanol–water partition coefficient (Wildman–Crippen LogP) is 1.67. The maximum Gasteiger partial charge on any atom is 0.309 e. The molecule has 0 aromatic carbocycles. The second-order valence-electron chi connectivity index (χ2n) is 4.38. The van der Waals surface area contributed by atoms with Crippen molar-refractivity contribution in [3.63, 3.8) is 0 Å². The Labute approximate surface area is 89.9 Å². The summed E-state index contributed by atoms with van der Waals surface area (Å²) < 4.78 is 9.93. The quantitative estimate of drug-likeness (QED) is 0.670. The van der Waals surface area contributed by atoms with Gasteiger partial charge in [-0.05, 0) is 25.2 Å². The molecule has 4 heteroatoms. The van der Waals surface area contributed by atoms with Gasteiger partial charge in [0.2, 0.25) is 0 Å². The van der Waals surface area contributed by atoms with E-state index in [-0.39, 0.29) is 18.4 Å². The molecule has 0 amide bonds. The van der Waals surface area contributed by atoms with E-state index in [1.165, 1.54) is 14.0 Å². The molecule has 1 rings (SSSR count). The first-order valence-electron chi connectivity index (χ1n) is 5.24. The van der Waals surface area contributed by atoms with Gasteiger partial charge in [0.05, 0.1) is 13.5 Å². The minimum absolute atomic E-state index is 0.174. The number of hydrogen-bond donors (Lipinski definition) is 0. The first-order valence-corrected chi connectivity index (χ1v) is 5.24. The molecular weight excluding hydrogens is 196 g/mol. The molecule has 0 aliphatic heterocycles. The Morgan fingerprint density at radius 2 is 2.13 bits per heavy atom. The second kappa shape index (κ2) is 4.64. The highest BCUT2D eigenvalue weighted by Gasteiger charge is 2.42. The molecular formula is C11H18O4. The van der Waals surface area contributed by atoms with Gasteiger partial charge in [-0.2, -0.15) is 0 Å². The topological polar surface area (TPSA) is 52.6 Å². The van der Waals surface area contributed by atoms with Gasteiger partial charge in [0, 0.05) is 6.92 Å². The van der Waals surface area contributed by atoms with Crippen molar-refractivity contribution in [2.75, 3.05) is 7.11 Å². The van der Waals surface area contributed by atoms with Gasteiger partial charge in [-0.3, -0.25) is 9.59 Å². The lowest BCUT2D eigenvalue weighted by atomic mass is 9.96. The van der Waals surface area contributed by atoms with Gasteiger partial charge < -0.3 is 9.47 Å². The molecule has 1 aliphatic rings. The van der Waals surface area contributed by atoms with Crippen molar-refractivity contribution in [1.29, 1.82) is 0 Å². The van der Waals surface area contributed by atoms with Crippen LogP contribution < -0.4 is 0 Å². The van der Waals surface area contributed by atoms with Crippen LogP contribution in [-0.4, -0.2) is 24.6 Å². The third-order valence-electron chi connectivity index (χ3n) is 2.87. The molecule has 2 atom stereocenters. The van der Waals surface area contributed by atoms with Crippen LogP contribution in [0.1, 0.15) is 39.5 Å². The number of hydrogen-bond acceptors (Lipinski definition) is 4. The number of methoxy groups -OCH3 is 1. The van der Waals surface area contributed by atoms with Crippen LogP contribution in [0.3, 0.4) is 0 Å². The van der Waals surface area contributed by atoms with E-state index in [1.54, 1.807) is 0 Å². The number of carbonyl (C=O) groups is 2. The number of ether oxygens (including phenoxy) is 2. The first-order chi connectivity index (χ1) is 6.97. The van der Waals surface area contributed by atoms with Crippen molar-refractivity contribution in [3.05, 3.63) is 0 Å². The summed E-state index contributed by atoms with van der Waals surface area (Å²) in [5.41, 5.74) is -0.613. The van der Waals surface area contributed by atoms with Gasteiger partial charge in [0.15, 0.2) is 0 Å². The molecule has 0 aromatic heterocycles. The zero-order chi connectivity index (χ0) is 11.5. The summed E-state index contributed by atoms with van der Waals surface area (Å²) in [6, 6.07) is 0. The van der Waals surface area contributed by atoms with Crippen molar-refractivity contribution >= 4 is 11.9 Å². The van der Waals surface area contributed by atoms with Crippen LogP contribution in [0.4, 0.5) is 0 Å². The minimum atomic E-state index is -0.613. The smallest absolute Gasteiger partial charge is 0.309 e. The maximum absolute atomic E-state index is 11.2. The highest BCUT2D eigenvalue weighted by Crippen LogP contribution is 2.40. The zero-order valence-corrected chi connectivity index (χ0v) is 9.54. The lowest BCUT2D eigenvalue weighted by Gasteiger charge is -2.27. The van der Waals surface area contributed by atoms with E-state index in [1.807, 2.05) is 0 Å². The van der Waals surface area contributed by atoms with Crippen LogP contribution in [0.5, 0.6) is 0 Å². The van der Waals surface area contributed by atoms with Crippen LogP contribution in [-0.2, 0) is 19.1 Å². The molecule has 0 spiro atoms. The third-order valence-corrected chi connectivity index (χ3v) is 2.87. The molecule has 0 N–H and O–H groups in total. The molecule has 0 aromatic rings. The Morgan fingerprint density at radius 1 is 1.47 bits per heavy atom. The predicted molar refractivity (Wildman–Crippen MR) is 54.1 cm³/mol. The van der Waals surface area contributed by atoms with Gasteiger partial charge in [0.25, 0.3) is 0 Å². The van der Waals surface area contributed by atoms with Gasteiger partial charge >= 0.3 is 11.9 Å². The summed E-state index contributed by atoms with van der Waals surface area (Å²) in [5, 5.41) is 0. The number of rotatable bonds is 3. The lowest BCUT2D eigenvalue weighted by Crippen LogP contribution is -2.34. The van der Waals surface area contributed by atoms with Crippen LogP contribution in [0.15, 0.2) is 0 Å². The van der Waals surface area contributed by atoms with Crippen molar-refractivity contribution in [3.8, 4) is 0 Å². The molecule has 1 aliphatic carbocycles. The Bertz CT molecular complexity index is 261. The molecule has 0 bridgehead atoms. The van der Waals surface area contributed by atoms with E-state index in [4.69, 9.17) is 4.74 Å². The molecule has 1 fully saturated rings. The van der Waals surface area contributed by atoms with Crippen LogP contribution in [0, 0.1) is 5.92 Å². The maximum atomic E-state index is 11.2. The molecule has 0 unspecified atom stereocenters. The highest BCUT2D eigenvalue weighted by atomic mass is 16.6. The molecule has 4 nitrogen and oxygen atoms in total. The SMILES string of the molecule is COC(=O)C[C@]1(OC(C)=O)CC[C@@H](C)C1. The van der Waals surface area contributed by atoms with Crippen molar-refractivity contribution in [1.82, 2.24) is 0 Å². The fourth-order valence-corrected chi connectivity index (χ4v) is 2.28. The standard InChI is InChI=1S/C11H18O4/c1-8-4-5-11(6-8,15-9(2)12)7-10(13)14-3/h8H,4-7H2,1-3H3/t8-,11+/m1/s1. The monoisotopic (exact) mass is 214 g/mol. The van der Waals surface area contributed by atoms with Crippen LogP contribution in [0.2, 0.25) is 0 Å². The van der Waals surface area contributed by atoms with Gasteiger partial charge in [-0.25, -0.2) is 0 Å². The fourth-order valence-electron chi connectivity index (χ4n) is 2.28. The Balaban J connectivity index is 2.68. The average molecular weight is 214 g/mol. The summed E-state index contributed by atoms with van der Waals surface area (Å²) in [5.74, 6) is -0.146. The zero-order valence-electron chi connectivity index (χ0n) is 9.54. The Kier molecular flexibility index (Phi) is 3.72. The molecule has 0 radical (unpaired) electrons. The summed E-state index contributed by atoms with van der Waals surface area (Å²) in [6.07, 6.45) is 2.67. The van der Waals surface area contributed by atoms with Crippen LogP contribution >= 0.6 is 0 Å². The van der Waals surface area contributed by atoms with Crippen molar-refractivity contribution in [2.45, 2.75) is 45.1 Å². The van der Waals surface area contributed by atoms with E-state index >= 15 is 0 Å². The lowest BCUT2D eigenvalue weighted by molar-refractivity contribution is -0.163. The normalized spacial score (nSPS) is 29.9. The summed E-state index contributed by atoms with van der Waals surface area (Å²) in [6.45, 7) is 3.48. The Morgan fingerprint density at radius 3 is 2.53 bits per heavy atom. The van der Waals surface area contributed by atoms with E-state index in [0.717, 1.165) is 19.3 Å². The average Bonchev–Trinajstić information content (AvgIpc) is 2.46. The molecule has 86 valence electrons. The first kappa shape index (κ1) is 12.0. The van der Waals surface area contributed by atoms with Crippen LogP contribution in [0.25, 0.3) is 0 Å². The third kappa shape index (κ3) is 3.22. The minimum Gasteiger partial charge on any atom is -0.469 e. The Hall–Kier alpha value is -1.06. The molecule has 0 heterocycles. The molecule has 0 saturated heterocycles. The fraction of sp³-hybridized carbons (Fsp3) is 0.818. The van der Waals surface area contributed by atoms with Crippen molar-refractivity contribution < 1.29 is 19.1 Å². The summed E-state index contributed by atoms with van der Waals surface area (Å²) >= 11 is 0.